The molecule has 70 heavy (non-hydrogen) atoms. The topological polar surface area (TPSA) is 157 Å². The zero-order valence-electron chi connectivity index (χ0n) is 40.2. The van der Waals surface area contributed by atoms with E-state index < -0.39 is 46.2 Å². The first-order valence-electron chi connectivity index (χ1n) is 23.6. The first-order chi connectivity index (χ1) is 33.1. The van der Waals surface area contributed by atoms with Gasteiger partial charge in [0.1, 0.15) is 30.0 Å². The predicted octanol–water partition coefficient (Wildman–Crippen LogP) is 8.97. The lowest BCUT2D eigenvalue weighted by Gasteiger charge is -2.57. The van der Waals surface area contributed by atoms with E-state index in [-0.39, 0.29) is 40.5 Å². The summed E-state index contributed by atoms with van der Waals surface area (Å²) in [6, 6.07) is 18.3. The Morgan fingerprint density at radius 2 is 1.63 bits per heavy atom. The van der Waals surface area contributed by atoms with Gasteiger partial charge in [-0.2, -0.15) is 18.4 Å². The number of rotatable bonds is 15. The number of alkyl halides is 3. The molecule has 1 spiro atoms. The zero-order valence-corrected chi connectivity index (χ0v) is 41.8. The van der Waals surface area contributed by atoms with Crippen LogP contribution in [0.1, 0.15) is 95.5 Å². The lowest BCUT2D eigenvalue weighted by atomic mass is 9.48. The van der Waals surface area contributed by atoms with Gasteiger partial charge in [0.05, 0.1) is 52.2 Å². The summed E-state index contributed by atoms with van der Waals surface area (Å²) in [6.07, 6.45) is 0.492. The minimum absolute atomic E-state index is 0.0159. The molecule has 0 radical (unpaired) electrons. The molecule has 2 saturated carbocycles. The van der Waals surface area contributed by atoms with Crippen LogP contribution in [0.15, 0.2) is 72.2 Å². The summed E-state index contributed by atoms with van der Waals surface area (Å²) in [5.41, 5.74) is 2.06. The van der Waals surface area contributed by atoms with E-state index in [2.05, 4.69) is 15.6 Å². The molecule has 2 aliphatic carbocycles. The molecule has 4 aliphatic rings. The lowest BCUT2D eigenvalue weighted by molar-refractivity contribution is -0.145. The summed E-state index contributed by atoms with van der Waals surface area (Å²) < 4.78 is 53.3. The van der Waals surface area contributed by atoms with Crippen LogP contribution in [-0.2, 0) is 36.6 Å². The molecular formula is C52H58F3N7O6S2. The number of nitriles is 1. The van der Waals surface area contributed by atoms with Crippen molar-refractivity contribution in [3.8, 4) is 22.3 Å². The van der Waals surface area contributed by atoms with E-state index in [9.17, 15) is 37.6 Å². The number of carbonyl (C=O) groups excluding carboxylic acids is 4. The van der Waals surface area contributed by atoms with Gasteiger partial charge in [0.15, 0.2) is 5.11 Å². The van der Waals surface area contributed by atoms with Crippen molar-refractivity contribution in [2.24, 2.45) is 22.7 Å². The highest BCUT2D eigenvalue weighted by Gasteiger charge is 2.53. The summed E-state index contributed by atoms with van der Waals surface area (Å²) in [5.74, 6) is -0.0239. The Morgan fingerprint density at radius 3 is 2.24 bits per heavy atom. The van der Waals surface area contributed by atoms with Crippen LogP contribution in [0.2, 0.25) is 0 Å². The van der Waals surface area contributed by atoms with Crippen LogP contribution >= 0.6 is 23.6 Å². The van der Waals surface area contributed by atoms with Gasteiger partial charge in [-0.1, -0.05) is 45.0 Å². The van der Waals surface area contributed by atoms with Crippen LogP contribution in [0.3, 0.4) is 0 Å². The van der Waals surface area contributed by atoms with Crippen LogP contribution in [-0.4, -0.2) is 82.6 Å². The fourth-order valence-electron chi connectivity index (χ4n) is 10.6. The summed E-state index contributed by atoms with van der Waals surface area (Å²) in [5, 5.41) is 15.2. The number of benzene rings is 3. The highest BCUT2D eigenvalue weighted by atomic mass is 32.1. The number of halogens is 3. The highest BCUT2D eigenvalue weighted by Crippen LogP contribution is 2.61. The van der Waals surface area contributed by atoms with E-state index in [0.29, 0.717) is 62.4 Å². The Balaban J connectivity index is 0.750. The van der Waals surface area contributed by atoms with Gasteiger partial charge in [0.2, 0.25) is 17.7 Å². The van der Waals surface area contributed by atoms with Crippen LogP contribution in [0, 0.1) is 40.9 Å². The monoisotopic (exact) mass is 997 g/mol. The molecule has 370 valence electrons. The second-order valence-electron chi connectivity index (χ2n) is 20.8. The molecule has 2 aliphatic heterocycles. The Kier molecular flexibility index (Phi) is 14.2. The number of nitrogens with one attached hydrogen (secondary N) is 2. The minimum atomic E-state index is -4.79. The zero-order chi connectivity index (χ0) is 50.3. The second kappa shape index (κ2) is 19.7. The van der Waals surface area contributed by atoms with Gasteiger partial charge in [-0.05, 0) is 148 Å². The lowest BCUT2D eigenvalue weighted by Crippen LogP contribution is -2.58. The van der Waals surface area contributed by atoms with E-state index in [1.165, 1.54) is 6.07 Å². The number of nitrogens with zero attached hydrogens (tertiary/aromatic N) is 5. The van der Waals surface area contributed by atoms with Crippen LogP contribution in [0.4, 0.5) is 24.5 Å². The van der Waals surface area contributed by atoms with E-state index >= 15 is 0 Å². The van der Waals surface area contributed by atoms with Crippen LogP contribution < -0.4 is 25.2 Å². The van der Waals surface area contributed by atoms with E-state index in [1.807, 2.05) is 57.5 Å². The van der Waals surface area contributed by atoms with Crippen LogP contribution in [0.5, 0.6) is 5.75 Å². The maximum atomic E-state index is 14.0. The van der Waals surface area contributed by atoms with E-state index in [0.717, 1.165) is 64.4 Å². The van der Waals surface area contributed by atoms with Gasteiger partial charge in [0, 0.05) is 18.8 Å². The summed E-state index contributed by atoms with van der Waals surface area (Å²) in [7, 11) is 0. The number of aryl methyl sites for hydroxylation is 1. The second-order valence-corrected chi connectivity index (χ2v) is 22.0. The minimum Gasteiger partial charge on any atom is -0.493 e. The van der Waals surface area contributed by atoms with Gasteiger partial charge in [-0.15, -0.1) is 11.3 Å². The standard InChI is InChI=1S/C52H58F3N7O6S2/c1-31-43(70-30-58-31)35-11-9-32(10-12-35)26-57-45(64)41-8-7-19-60(41)46(65)44(49(2,3)4)59-42(63)29-67-27-33-21-51(22-33)23-34(24-51)28-68-39-17-15-37(16-18-39)62-48(69)61(47(66)50(62,5)6)38-14-13-36(25-56)40(20-38)52(53,54)55/h9-18,20,30,33-34,41,44H,7-8,19,21-24,26-29H2,1-6H3,(H,57,64)(H,59,63)/t33?,34?,41-,44?,51?/m0/s1. The molecule has 3 heterocycles. The number of carbonyl (C=O) groups is 4. The van der Waals surface area contributed by atoms with Crippen molar-refractivity contribution < 1.29 is 41.8 Å². The highest BCUT2D eigenvalue weighted by molar-refractivity contribution is 7.81. The number of aromatic nitrogens is 1. The van der Waals surface area contributed by atoms with Crippen molar-refractivity contribution in [3.63, 3.8) is 0 Å². The fourth-order valence-corrected chi connectivity index (χ4v) is 11.9. The van der Waals surface area contributed by atoms with Crippen molar-refractivity contribution in [1.82, 2.24) is 20.5 Å². The van der Waals surface area contributed by atoms with Crippen LogP contribution in [0.25, 0.3) is 10.4 Å². The molecule has 1 unspecified atom stereocenters. The molecule has 0 bridgehead atoms. The smallest absolute Gasteiger partial charge is 0.417 e. The molecule has 18 heteroatoms. The average molecular weight is 998 g/mol. The third-order valence-corrected chi connectivity index (χ3v) is 15.4. The Labute approximate surface area is 415 Å². The largest absolute Gasteiger partial charge is 0.493 e. The maximum Gasteiger partial charge on any atom is 0.417 e. The van der Waals surface area contributed by atoms with Gasteiger partial charge >= 0.3 is 6.18 Å². The molecule has 4 amide bonds. The fraction of sp³-hybridized carbons (Fsp3) is 0.481. The Bertz CT molecular complexity index is 2680. The quantitative estimate of drug-likeness (QED) is 0.110. The summed E-state index contributed by atoms with van der Waals surface area (Å²) in [6.45, 7) is 12.6. The summed E-state index contributed by atoms with van der Waals surface area (Å²) >= 11 is 7.25. The van der Waals surface area contributed by atoms with Crippen molar-refractivity contribution in [2.45, 2.75) is 110 Å². The molecule has 8 rings (SSSR count). The molecule has 2 saturated heterocycles. The molecule has 4 fully saturated rings. The van der Waals surface area contributed by atoms with E-state index in [4.69, 9.17) is 21.7 Å². The van der Waals surface area contributed by atoms with Gasteiger partial charge in [0.25, 0.3) is 5.91 Å². The summed E-state index contributed by atoms with van der Waals surface area (Å²) in [4.78, 5) is 64.0. The molecule has 2 atom stereocenters. The van der Waals surface area contributed by atoms with Gasteiger partial charge < -0.3 is 29.9 Å². The third kappa shape index (κ3) is 10.4. The number of hydrogen-bond donors (Lipinski definition) is 2. The molecule has 3 aromatic carbocycles. The maximum absolute atomic E-state index is 14.0. The first-order valence-corrected chi connectivity index (χ1v) is 24.8. The first kappa shape index (κ1) is 50.5. The number of hydrogen-bond acceptors (Lipinski definition) is 10. The molecule has 4 aromatic rings. The molecule has 1 aromatic heterocycles. The number of ether oxygens (including phenoxy) is 2. The Hall–Kier alpha value is -5.90. The predicted molar refractivity (Wildman–Crippen MR) is 264 cm³/mol. The number of thiocarbonyl (C=S) groups is 1. The number of likely N-dealkylation sites (tertiary alicyclic amines) is 1. The normalized spacial score (nSPS) is 22.3. The molecule has 13 nitrogen and oxygen atoms in total. The third-order valence-electron chi connectivity index (χ3n) is 14.1. The number of thiazole rings is 1. The van der Waals surface area contributed by atoms with Crippen molar-refractivity contribution >= 4 is 63.7 Å². The van der Waals surface area contributed by atoms with Crippen molar-refractivity contribution in [1.29, 1.82) is 5.26 Å². The SMILES string of the molecule is Cc1ncsc1-c1ccc(CNC(=O)[C@@H]2CCCN2C(=O)C(NC(=O)COCC2CC3(C2)CC(COc2ccc(N4C(=S)N(c5ccc(C#N)c(C(F)(F)F)c5)C(=O)C4(C)C)cc2)C3)C(C)(C)C)cc1. The molecule has 2 N–H and O–H groups in total. The molecular weight excluding hydrogens is 940 g/mol. The van der Waals surface area contributed by atoms with Gasteiger partial charge in [-0.25, -0.2) is 4.98 Å². The van der Waals surface area contributed by atoms with Crippen molar-refractivity contribution in [3.05, 3.63) is 94.6 Å². The van der Waals surface area contributed by atoms with E-state index in [1.54, 1.807) is 65.3 Å². The Morgan fingerprint density at radius 1 is 0.971 bits per heavy atom. The number of anilines is 2. The van der Waals surface area contributed by atoms with Gasteiger partial charge in [-0.3, -0.25) is 24.1 Å². The van der Waals surface area contributed by atoms with Crippen molar-refractivity contribution in [2.75, 3.05) is 36.2 Å². The average Bonchev–Trinajstić information content (AvgIpc) is 4.00. The number of amides is 4.